The van der Waals surface area contributed by atoms with E-state index in [1.165, 1.54) is 6.42 Å². The molecule has 4 heteroatoms. The van der Waals surface area contributed by atoms with Crippen molar-refractivity contribution in [2.24, 2.45) is 5.92 Å². The molecule has 3 rings (SSSR count). The molecule has 2 heterocycles. The fraction of sp³-hybridized carbons (Fsp3) is 0.562. The molecule has 108 valence electrons. The van der Waals surface area contributed by atoms with Gasteiger partial charge in [0.05, 0.1) is 6.61 Å². The summed E-state index contributed by atoms with van der Waals surface area (Å²) in [6, 6.07) is 8.11. The lowest BCUT2D eigenvalue weighted by Gasteiger charge is -2.34. The van der Waals surface area contributed by atoms with Gasteiger partial charge in [0.15, 0.2) is 0 Å². The van der Waals surface area contributed by atoms with Gasteiger partial charge < -0.3 is 15.0 Å². The number of carbonyl (C=O) groups excluding carboxylic acids is 1. The topological polar surface area (TPSA) is 41.6 Å². The third-order valence-electron chi connectivity index (χ3n) is 4.36. The lowest BCUT2D eigenvalue weighted by atomic mass is 9.93. The predicted molar refractivity (Wildman–Crippen MR) is 78.0 cm³/mol. The molecule has 1 aromatic rings. The Bertz CT molecular complexity index is 472. The van der Waals surface area contributed by atoms with Crippen LogP contribution in [0, 0.1) is 5.92 Å². The Labute approximate surface area is 120 Å². The van der Waals surface area contributed by atoms with Crippen molar-refractivity contribution in [1.82, 2.24) is 10.2 Å². The van der Waals surface area contributed by atoms with Crippen LogP contribution in [0.4, 0.5) is 0 Å². The van der Waals surface area contributed by atoms with Gasteiger partial charge in [0, 0.05) is 24.7 Å². The number of ether oxygens (including phenoxy) is 1. The third kappa shape index (κ3) is 2.66. The number of piperidine rings is 1. The number of rotatable bonds is 3. The van der Waals surface area contributed by atoms with Crippen LogP contribution in [-0.4, -0.2) is 43.1 Å². The van der Waals surface area contributed by atoms with Gasteiger partial charge in [0.1, 0.15) is 5.75 Å². The number of benzene rings is 1. The fourth-order valence-corrected chi connectivity index (χ4v) is 3.27. The normalized spacial score (nSPS) is 25.4. The molecule has 0 bridgehead atoms. The van der Waals surface area contributed by atoms with Gasteiger partial charge in [-0.25, -0.2) is 0 Å². The van der Waals surface area contributed by atoms with Crippen molar-refractivity contribution in [2.45, 2.75) is 25.8 Å². The molecular weight excluding hydrogens is 252 g/mol. The number of carbonyl (C=O) groups is 1. The molecule has 0 aromatic heterocycles. The molecular formula is C16H22N2O2. The quantitative estimate of drug-likeness (QED) is 0.915. The van der Waals surface area contributed by atoms with Crippen LogP contribution >= 0.6 is 0 Å². The van der Waals surface area contributed by atoms with Gasteiger partial charge in [-0.05, 0) is 56.5 Å². The zero-order valence-corrected chi connectivity index (χ0v) is 12.0. The second kappa shape index (κ2) is 5.83. The van der Waals surface area contributed by atoms with Crippen LogP contribution in [0.15, 0.2) is 24.3 Å². The maximum absolute atomic E-state index is 12.5. The van der Waals surface area contributed by atoms with Gasteiger partial charge in [-0.15, -0.1) is 0 Å². The summed E-state index contributed by atoms with van der Waals surface area (Å²) in [7, 11) is 0. The maximum atomic E-state index is 12.5. The molecule has 2 aliphatic rings. The summed E-state index contributed by atoms with van der Waals surface area (Å²) in [5.74, 6) is 1.61. The van der Waals surface area contributed by atoms with Gasteiger partial charge in [-0.2, -0.15) is 0 Å². The summed E-state index contributed by atoms with van der Waals surface area (Å²) in [5, 5.41) is 3.52. The largest absolute Gasteiger partial charge is 0.494 e. The molecule has 20 heavy (non-hydrogen) atoms. The third-order valence-corrected chi connectivity index (χ3v) is 4.36. The summed E-state index contributed by atoms with van der Waals surface area (Å²) < 4.78 is 5.41. The van der Waals surface area contributed by atoms with Crippen LogP contribution in [0.2, 0.25) is 0 Å². The van der Waals surface area contributed by atoms with E-state index in [0.29, 0.717) is 18.6 Å². The van der Waals surface area contributed by atoms with Gasteiger partial charge in [-0.3, -0.25) is 4.79 Å². The monoisotopic (exact) mass is 274 g/mol. The summed E-state index contributed by atoms with van der Waals surface area (Å²) >= 11 is 0. The van der Waals surface area contributed by atoms with Crippen molar-refractivity contribution in [3.05, 3.63) is 29.8 Å². The molecule has 0 radical (unpaired) electrons. The predicted octanol–water partition coefficient (Wildman–Crippen LogP) is 1.91. The van der Waals surface area contributed by atoms with E-state index in [2.05, 4.69) is 5.32 Å². The molecule has 2 fully saturated rings. The highest BCUT2D eigenvalue weighted by atomic mass is 16.5. The number of fused-ring (bicyclic) bond motifs is 1. The van der Waals surface area contributed by atoms with Crippen LogP contribution in [0.5, 0.6) is 5.75 Å². The summed E-state index contributed by atoms with van der Waals surface area (Å²) in [4.78, 5) is 14.5. The number of hydrogen-bond donors (Lipinski definition) is 1. The molecule has 4 nitrogen and oxygen atoms in total. The molecule has 0 spiro atoms. The fourth-order valence-electron chi connectivity index (χ4n) is 3.27. The minimum Gasteiger partial charge on any atom is -0.494 e. The Hall–Kier alpha value is -1.55. The highest BCUT2D eigenvalue weighted by molar-refractivity contribution is 5.94. The van der Waals surface area contributed by atoms with E-state index >= 15 is 0 Å². The van der Waals surface area contributed by atoms with Gasteiger partial charge in [-0.1, -0.05) is 0 Å². The van der Waals surface area contributed by atoms with E-state index in [0.717, 1.165) is 37.4 Å². The summed E-state index contributed by atoms with van der Waals surface area (Å²) in [6.45, 7) is 5.46. The molecule has 2 aliphatic heterocycles. The Balaban J connectivity index is 1.66. The number of hydrogen-bond acceptors (Lipinski definition) is 3. The van der Waals surface area contributed by atoms with Crippen molar-refractivity contribution in [3.8, 4) is 5.75 Å². The Morgan fingerprint density at radius 3 is 2.90 bits per heavy atom. The van der Waals surface area contributed by atoms with E-state index in [4.69, 9.17) is 4.74 Å². The maximum Gasteiger partial charge on any atom is 0.253 e. The lowest BCUT2D eigenvalue weighted by Crippen LogP contribution is -2.46. The van der Waals surface area contributed by atoms with Gasteiger partial charge in [0.25, 0.3) is 5.91 Å². The van der Waals surface area contributed by atoms with E-state index in [1.54, 1.807) is 0 Å². The molecule has 2 saturated heterocycles. The van der Waals surface area contributed by atoms with Crippen LogP contribution in [-0.2, 0) is 0 Å². The first-order chi connectivity index (χ1) is 9.78. The van der Waals surface area contributed by atoms with E-state index in [-0.39, 0.29) is 5.91 Å². The summed E-state index contributed by atoms with van der Waals surface area (Å²) in [5.41, 5.74) is 0.762. The van der Waals surface area contributed by atoms with E-state index in [9.17, 15) is 4.79 Å². The van der Waals surface area contributed by atoms with Crippen LogP contribution in [0.1, 0.15) is 30.1 Å². The SMILES string of the molecule is CCOc1ccc(C(=O)N2CCC3NCCC3C2)cc1. The highest BCUT2D eigenvalue weighted by Crippen LogP contribution is 2.25. The number of likely N-dealkylation sites (tertiary alicyclic amines) is 1. The molecule has 1 amide bonds. The van der Waals surface area contributed by atoms with Crippen LogP contribution in [0.25, 0.3) is 0 Å². The minimum atomic E-state index is 0.151. The van der Waals surface area contributed by atoms with Crippen molar-refractivity contribution in [2.75, 3.05) is 26.2 Å². The van der Waals surface area contributed by atoms with Crippen LogP contribution in [0.3, 0.4) is 0 Å². The first-order valence-corrected chi connectivity index (χ1v) is 7.53. The number of amides is 1. The Morgan fingerprint density at radius 2 is 2.15 bits per heavy atom. The first-order valence-electron chi connectivity index (χ1n) is 7.53. The second-order valence-electron chi connectivity index (χ2n) is 5.61. The molecule has 0 aliphatic carbocycles. The smallest absolute Gasteiger partial charge is 0.253 e. The lowest BCUT2D eigenvalue weighted by molar-refractivity contribution is 0.0662. The van der Waals surface area contributed by atoms with Crippen molar-refractivity contribution in [1.29, 1.82) is 0 Å². The van der Waals surface area contributed by atoms with E-state index < -0.39 is 0 Å². The minimum absolute atomic E-state index is 0.151. The standard InChI is InChI=1S/C16H22N2O2/c1-2-20-14-5-3-12(4-6-14)16(19)18-10-8-15-13(11-18)7-9-17-15/h3-6,13,15,17H,2,7-11H2,1H3. The van der Waals surface area contributed by atoms with Gasteiger partial charge >= 0.3 is 0 Å². The molecule has 1 N–H and O–H groups in total. The zero-order valence-electron chi connectivity index (χ0n) is 12.0. The second-order valence-corrected chi connectivity index (χ2v) is 5.61. The molecule has 2 atom stereocenters. The Morgan fingerprint density at radius 1 is 1.35 bits per heavy atom. The van der Waals surface area contributed by atoms with Crippen molar-refractivity contribution in [3.63, 3.8) is 0 Å². The Kier molecular flexibility index (Phi) is 3.92. The summed E-state index contributed by atoms with van der Waals surface area (Å²) in [6.07, 6.45) is 2.27. The molecule has 2 unspecified atom stereocenters. The zero-order chi connectivity index (χ0) is 13.9. The van der Waals surface area contributed by atoms with Crippen LogP contribution < -0.4 is 10.1 Å². The average Bonchev–Trinajstić information content (AvgIpc) is 2.95. The van der Waals surface area contributed by atoms with Crippen molar-refractivity contribution < 1.29 is 9.53 Å². The van der Waals surface area contributed by atoms with Gasteiger partial charge in [0.2, 0.25) is 0 Å². The molecule has 0 saturated carbocycles. The number of nitrogens with zero attached hydrogens (tertiary/aromatic N) is 1. The highest BCUT2D eigenvalue weighted by Gasteiger charge is 2.34. The number of nitrogens with one attached hydrogen (secondary N) is 1. The first kappa shape index (κ1) is 13.4. The van der Waals surface area contributed by atoms with E-state index in [1.807, 2.05) is 36.1 Å². The molecule has 1 aromatic carbocycles. The van der Waals surface area contributed by atoms with Crippen molar-refractivity contribution >= 4 is 5.91 Å². The average molecular weight is 274 g/mol.